The molecule has 0 radical (unpaired) electrons. The van der Waals surface area contributed by atoms with Crippen molar-refractivity contribution < 1.29 is 4.39 Å². The Labute approximate surface area is 149 Å². The molecule has 1 N–H and O–H groups in total. The van der Waals surface area contributed by atoms with Crippen molar-refractivity contribution in [2.24, 2.45) is 0 Å². The smallest absolute Gasteiger partial charge is 0.194 e. The summed E-state index contributed by atoms with van der Waals surface area (Å²) in [5.74, 6) is -0.227. The summed E-state index contributed by atoms with van der Waals surface area (Å²) in [6.07, 6.45) is 2.97. The molecule has 0 unspecified atom stereocenters. The molecule has 3 nitrogen and oxygen atoms in total. The Kier molecular flexibility index (Phi) is 4.59. The van der Waals surface area contributed by atoms with E-state index in [0.717, 1.165) is 35.7 Å². The van der Waals surface area contributed by atoms with Gasteiger partial charge in [0.25, 0.3) is 0 Å². The van der Waals surface area contributed by atoms with Crippen molar-refractivity contribution in [2.45, 2.75) is 13.0 Å². The fraction of sp³-hybridized carbons (Fsp3) is 0.150. The first-order chi connectivity index (χ1) is 12.3. The monoisotopic (exact) mass is 351 g/mol. The van der Waals surface area contributed by atoms with Gasteiger partial charge in [0.1, 0.15) is 5.82 Å². The Morgan fingerprint density at radius 2 is 1.84 bits per heavy atom. The third-order valence-corrected chi connectivity index (χ3v) is 5.04. The van der Waals surface area contributed by atoms with E-state index in [1.807, 2.05) is 12.3 Å². The molecule has 2 heterocycles. The van der Waals surface area contributed by atoms with Crippen LogP contribution >= 0.6 is 11.3 Å². The van der Waals surface area contributed by atoms with E-state index >= 15 is 0 Å². The maximum atomic E-state index is 13.1. The lowest BCUT2D eigenvalue weighted by atomic mass is 10.2. The zero-order valence-corrected chi connectivity index (χ0v) is 14.5. The van der Waals surface area contributed by atoms with Crippen LogP contribution in [0, 0.1) is 5.82 Å². The number of nitrogens with zero attached hydrogens (tertiary/aromatic N) is 2. The van der Waals surface area contributed by atoms with E-state index in [9.17, 15) is 4.39 Å². The molecule has 0 aliphatic rings. The van der Waals surface area contributed by atoms with Gasteiger partial charge in [-0.15, -0.1) is 11.3 Å². The number of imidazole rings is 1. The Bertz CT molecular complexity index is 958. The average molecular weight is 351 g/mol. The van der Waals surface area contributed by atoms with Crippen LogP contribution in [-0.4, -0.2) is 15.9 Å². The number of hydrogen-bond donors (Lipinski definition) is 1. The summed E-state index contributed by atoms with van der Waals surface area (Å²) < 4.78 is 15.2. The van der Waals surface area contributed by atoms with Crippen LogP contribution in [0.5, 0.6) is 0 Å². The predicted octanol–water partition coefficient (Wildman–Crippen LogP) is 4.53. The van der Waals surface area contributed by atoms with Crippen LogP contribution in [0.3, 0.4) is 0 Å². The Morgan fingerprint density at radius 3 is 2.64 bits per heavy atom. The second-order valence-corrected chi connectivity index (χ2v) is 6.76. The highest BCUT2D eigenvalue weighted by atomic mass is 32.1. The summed E-state index contributed by atoms with van der Waals surface area (Å²) >= 11 is 1.64. The second-order valence-electron chi connectivity index (χ2n) is 5.93. The van der Waals surface area contributed by atoms with Crippen molar-refractivity contribution in [3.8, 4) is 11.3 Å². The Morgan fingerprint density at radius 1 is 1.04 bits per heavy atom. The molecule has 0 bridgehead atoms. The first kappa shape index (κ1) is 16.0. The maximum Gasteiger partial charge on any atom is 0.194 e. The van der Waals surface area contributed by atoms with Crippen LogP contribution in [0.1, 0.15) is 11.3 Å². The van der Waals surface area contributed by atoms with E-state index in [1.54, 1.807) is 23.5 Å². The summed E-state index contributed by atoms with van der Waals surface area (Å²) in [5, 5.41) is 5.63. The van der Waals surface area contributed by atoms with Gasteiger partial charge in [-0.3, -0.25) is 4.40 Å². The highest BCUT2D eigenvalue weighted by Crippen LogP contribution is 2.24. The summed E-state index contributed by atoms with van der Waals surface area (Å²) in [4.78, 5) is 5.62. The third kappa shape index (κ3) is 3.62. The van der Waals surface area contributed by atoms with Crippen molar-refractivity contribution in [1.29, 1.82) is 0 Å². The molecule has 4 aromatic rings. The van der Waals surface area contributed by atoms with Crippen LogP contribution in [0.4, 0.5) is 4.39 Å². The molecule has 2 aromatic heterocycles. The van der Waals surface area contributed by atoms with Crippen LogP contribution in [0.2, 0.25) is 0 Å². The van der Waals surface area contributed by atoms with E-state index in [1.165, 1.54) is 23.4 Å². The SMILES string of the molecule is Fc1ccc(-c2cn3c(CCNCc4ccccc4)csc3n2)cc1. The average Bonchev–Trinajstić information content (AvgIpc) is 3.22. The summed E-state index contributed by atoms with van der Waals surface area (Å²) in [7, 11) is 0. The quantitative estimate of drug-likeness (QED) is 0.517. The molecule has 4 rings (SSSR count). The van der Waals surface area contributed by atoms with Gasteiger partial charge in [-0.2, -0.15) is 0 Å². The number of rotatable bonds is 6. The molecule has 25 heavy (non-hydrogen) atoms. The van der Waals surface area contributed by atoms with Gasteiger partial charge in [-0.1, -0.05) is 30.3 Å². The standard InChI is InChI=1S/C20H18FN3S/c21-17-8-6-16(7-9-17)19-13-24-18(14-25-20(24)23-19)10-11-22-12-15-4-2-1-3-5-15/h1-9,13-14,22H,10-12H2. The number of aromatic nitrogens is 2. The van der Waals surface area contributed by atoms with Gasteiger partial charge in [0.15, 0.2) is 4.96 Å². The fourth-order valence-corrected chi connectivity index (χ4v) is 3.72. The number of benzene rings is 2. The molecule has 0 spiro atoms. The molecule has 0 atom stereocenters. The zero-order valence-electron chi connectivity index (χ0n) is 13.7. The third-order valence-electron chi connectivity index (χ3n) is 4.15. The van der Waals surface area contributed by atoms with Gasteiger partial charge in [0, 0.05) is 42.3 Å². The normalized spacial score (nSPS) is 11.2. The molecular weight excluding hydrogens is 333 g/mol. The van der Waals surface area contributed by atoms with Gasteiger partial charge in [-0.05, 0) is 29.8 Å². The lowest BCUT2D eigenvalue weighted by Crippen LogP contribution is -2.17. The lowest BCUT2D eigenvalue weighted by molar-refractivity contribution is 0.628. The molecule has 5 heteroatoms. The van der Waals surface area contributed by atoms with Crippen molar-refractivity contribution in [3.63, 3.8) is 0 Å². The van der Waals surface area contributed by atoms with Gasteiger partial charge < -0.3 is 5.32 Å². The molecule has 0 saturated heterocycles. The lowest BCUT2D eigenvalue weighted by Gasteiger charge is -2.04. The topological polar surface area (TPSA) is 29.3 Å². The number of fused-ring (bicyclic) bond motifs is 1. The first-order valence-electron chi connectivity index (χ1n) is 8.26. The molecule has 0 fully saturated rings. The Hall–Kier alpha value is -2.50. The molecule has 126 valence electrons. The van der Waals surface area contributed by atoms with E-state index in [4.69, 9.17) is 0 Å². The highest BCUT2D eigenvalue weighted by Gasteiger charge is 2.09. The van der Waals surface area contributed by atoms with E-state index < -0.39 is 0 Å². The summed E-state index contributed by atoms with van der Waals surface area (Å²) in [6.45, 7) is 1.78. The second kappa shape index (κ2) is 7.17. The number of halogens is 1. The van der Waals surface area contributed by atoms with Crippen LogP contribution in [0.25, 0.3) is 16.2 Å². The predicted molar refractivity (Wildman–Crippen MR) is 100 cm³/mol. The summed E-state index contributed by atoms with van der Waals surface area (Å²) in [6, 6.07) is 16.9. The molecular formula is C20H18FN3S. The van der Waals surface area contributed by atoms with Crippen LogP contribution in [0.15, 0.2) is 66.2 Å². The minimum atomic E-state index is -0.227. The molecule has 0 saturated carbocycles. The molecule has 0 aliphatic heterocycles. The molecule has 2 aromatic carbocycles. The first-order valence-corrected chi connectivity index (χ1v) is 9.13. The number of thiazole rings is 1. The minimum absolute atomic E-state index is 0.227. The van der Waals surface area contributed by atoms with Crippen LogP contribution in [-0.2, 0) is 13.0 Å². The van der Waals surface area contributed by atoms with Gasteiger partial charge in [0.2, 0.25) is 0 Å². The van der Waals surface area contributed by atoms with Gasteiger partial charge in [-0.25, -0.2) is 9.37 Å². The van der Waals surface area contributed by atoms with E-state index in [2.05, 4.69) is 44.3 Å². The van der Waals surface area contributed by atoms with Crippen LogP contribution < -0.4 is 5.32 Å². The number of nitrogens with one attached hydrogen (secondary N) is 1. The van der Waals surface area contributed by atoms with Crippen molar-refractivity contribution in [2.75, 3.05) is 6.54 Å². The highest BCUT2D eigenvalue weighted by molar-refractivity contribution is 7.15. The van der Waals surface area contributed by atoms with E-state index in [0.29, 0.717) is 0 Å². The van der Waals surface area contributed by atoms with Gasteiger partial charge in [0.05, 0.1) is 5.69 Å². The largest absolute Gasteiger partial charge is 0.312 e. The van der Waals surface area contributed by atoms with Crippen molar-refractivity contribution >= 4 is 16.3 Å². The molecule has 0 amide bonds. The van der Waals surface area contributed by atoms with E-state index in [-0.39, 0.29) is 5.82 Å². The summed E-state index contributed by atoms with van der Waals surface area (Å²) in [5.41, 5.74) is 4.34. The number of hydrogen-bond acceptors (Lipinski definition) is 3. The van der Waals surface area contributed by atoms with Gasteiger partial charge >= 0.3 is 0 Å². The zero-order chi connectivity index (χ0) is 17.1. The van der Waals surface area contributed by atoms with Crippen molar-refractivity contribution in [3.05, 3.63) is 83.2 Å². The fourth-order valence-electron chi connectivity index (χ4n) is 2.81. The Balaban J connectivity index is 1.43. The molecule has 0 aliphatic carbocycles. The van der Waals surface area contributed by atoms with Crippen molar-refractivity contribution in [1.82, 2.24) is 14.7 Å². The maximum absolute atomic E-state index is 13.1. The minimum Gasteiger partial charge on any atom is -0.312 e.